The lowest BCUT2D eigenvalue weighted by atomic mass is 9.89. The van der Waals surface area contributed by atoms with E-state index in [-0.39, 0.29) is 21.7 Å². The van der Waals surface area contributed by atoms with Crippen LogP contribution in [0.1, 0.15) is 17.5 Å². The first kappa shape index (κ1) is 20.3. The minimum Gasteiger partial charge on any atom is -0.457 e. The highest BCUT2D eigenvalue weighted by atomic mass is 79.9. The Morgan fingerprint density at radius 1 is 1.21 bits per heavy atom. The van der Waals surface area contributed by atoms with Gasteiger partial charge in [-0.15, -0.1) is 6.58 Å². The zero-order valence-electron chi connectivity index (χ0n) is 13.9. The fourth-order valence-electron chi connectivity index (χ4n) is 3.13. The second kappa shape index (κ2) is 6.57. The Morgan fingerprint density at radius 3 is 2.50 bits per heavy atom. The quantitative estimate of drug-likeness (QED) is 0.324. The normalized spacial score (nSPS) is 21.6. The molecule has 0 saturated heterocycles. The third-order valence-electron chi connectivity index (χ3n) is 4.42. The summed E-state index contributed by atoms with van der Waals surface area (Å²) in [5.74, 6) is -10.6. The molecule has 0 aromatic heterocycles. The van der Waals surface area contributed by atoms with Crippen LogP contribution in [0.15, 0.2) is 47.5 Å². The van der Waals surface area contributed by atoms with E-state index in [2.05, 4.69) is 27.4 Å². The lowest BCUT2D eigenvalue weighted by Gasteiger charge is -2.32. The van der Waals surface area contributed by atoms with Gasteiger partial charge in [0, 0.05) is 23.6 Å². The van der Waals surface area contributed by atoms with Crippen molar-refractivity contribution in [2.24, 2.45) is 0 Å². The largest absolute Gasteiger partial charge is 0.457 e. The topological polar surface area (TPSA) is 33.8 Å². The molecule has 146 valence electrons. The fourth-order valence-corrected chi connectivity index (χ4v) is 3.88. The van der Waals surface area contributed by atoms with Crippen molar-refractivity contribution in [2.75, 3.05) is 0 Å². The smallest absolute Gasteiger partial charge is 0.346 e. The van der Waals surface area contributed by atoms with Crippen molar-refractivity contribution in [2.45, 2.75) is 23.9 Å². The molecule has 0 fully saturated rings. The first-order valence-electron chi connectivity index (χ1n) is 7.78. The van der Waals surface area contributed by atoms with Gasteiger partial charge >= 0.3 is 11.8 Å². The maximum atomic E-state index is 14.4. The van der Waals surface area contributed by atoms with E-state index >= 15 is 0 Å². The van der Waals surface area contributed by atoms with Crippen LogP contribution in [-0.2, 0) is 11.5 Å². The standard InChI is InChI=1S/C19H11BrF5NO2/c1-3-6-17(27)15-13(18(22,23)19(17,24)25)4-5-14(16(15)20)28-12-8-10(21)7-11(9-12)26-2/h3-5,7-9,27H,1,6H2. The summed E-state index contributed by atoms with van der Waals surface area (Å²) in [6.45, 7) is 10.2. The fraction of sp³-hybridized carbons (Fsp3) is 0.211. The predicted molar refractivity (Wildman–Crippen MR) is 94.4 cm³/mol. The highest BCUT2D eigenvalue weighted by Gasteiger charge is 2.76. The van der Waals surface area contributed by atoms with Gasteiger partial charge in [-0.2, -0.15) is 17.6 Å². The van der Waals surface area contributed by atoms with Crippen LogP contribution in [0.3, 0.4) is 0 Å². The van der Waals surface area contributed by atoms with Gasteiger partial charge < -0.3 is 9.84 Å². The summed E-state index contributed by atoms with van der Waals surface area (Å²) >= 11 is 2.95. The molecule has 0 heterocycles. The number of hydrogen-bond acceptors (Lipinski definition) is 2. The Kier molecular flexibility index (Phi) is 4.76. The Balaban J connectivity index is 2.17. The zero-order chi connectivity index (χ0) is 20.9. The molecule has 1 aliphatic rings. The van der Waals surface area contributed by atoms with Gasteiger partial charge in [-0.05, 0) is 40.2 Å². The zero-order valence-corrected chi connectivity index (χ0v) is 15.5. The number of aliphatic hydroxyl groups is 1. The SMILES string of the molecule is [C-]#[N+]c1cc(F)cc(Oc2ccc3c(c2Br)C(O)(CC=C)C(F)(F)C3(F)F)c1. The van der Waals surface area contributed by atoms with E-state index in [4.69, 9.17) is 11.3 Å². The van der Waals surface area contributed by atoms with Gasteiger partial charge in [0.2, 0.25) is 0 Å². The van der Waals surface area contributed by atoms with Crippen LogP contribution in [0.25, 0.3) is 4.85 Å². The van der Waals surface area contributed by atoms with Crippen LogP contribution in [0, 0.1) is 12.4 Å². The lowest BCUT2D eigenvalue weighted by Crippen LogP contribution is -2.48. The van der Waals surface area contributed by atoms with E-state index in [0.29, 0.717) is 0 Å². The summed E-state index contributed by atoms with van der Waals surface area (Å²) in [4.78, 5) is 3.07. The molecule has 1 N–H and O–H groups in total. The lowest BCUT2D eigenvalue weighted by molar-refractivity contribution is -0.285. The maximum absolute atomic E-state index is 14.4. The average molecular weight is 460 g/mol. The van der Waals surface area contributed by atoms with Crippen LogP contribution in [-0.4, -0.2) is 11.0 Å². The van der Waals surface area contributed by atoms with Crippen molar-refractivity contribution in [3.8, 4) is 11.5 Å². The van der Waals surface area contributed by atoms with Crippen molar-refractivity contribution in [1.82, 2.24) is 0 Å². The Morgan fingerprint density at radius 2 is 1.89 bits per heavy atom. The number of nitrogens with zero attached hydrogens (tertiary/aromatic N) is 1. The molecule has 9 heteroatoms. The van der Waals surface area contributed by atoms with E-state index in [9.17, 15) is 27.1 Å². The molecule has 1 aliphatic carbocycles. The van der Waals surface area contributed by atoms with Gasteiger partial charge in [0.15, 0.2) is 11.3 Å². The van der Waals surface area contributed by atoms with Crippen molar-refractivity contribution in [3.63, 3.8) is 0 Å². The van der Waals surface area contributed by atoms with Crippen LogP contribution in [0.4, 0.5) is 27.6 Å². The molecular formula is C19H11BrF5NO2. The summed E-state index contributed by atoms with van der Waals surface area (Å²) in [7, 11) is 0. The molecule has 0 spiro atoms. The number of ether oxygens (including phenoxy) is 1. The summed E-state index contributed by atoms with van der Waals surface area (Å²) in [6, 6.07) is 4.80. The van der Waals surface area contributed by atoms with E-state index in [0.717, 1.165) is 30.3 Å². The summed E-state index contributed by atoms with van der Waals surface area (Å²) in [6.07, 6.45) is 0.0696. The van der Waals surface area contributed by atoms with Gasteiger partial charge in [0.25, 0.3) is 0 Å². The molecule has 0 aliphatic heterocycles. The molecule has 1 unspecified atom stereocenters. The van der Waals surface area contributed by atoms with E-state index < -0.39 is 40.8 Å². The van der Waals surface area contributed by atoms with E-state index in [1.165, 1.54) is 6.07 Å². The van der Waals surface area contributed by atoms with Gasteiger partial charge in [-0.25, -0.2) is 9.24 Å². The van der Waals surface area contributed by atoms with E-state index in [1.807, 2.05) is 0 Å². The Labute approximate surface area is 165 Å². The van der Waals surface area contributed by atoms with Crippen LogP contribution in [0.2, 0.25) is 0 Å². The van der Waals surface area contributed by atoms with Crippen molar-refractivity contribution >= 4 is 21.6 Å². The first-order valence-corrected chi connectivity index (χ1v) is 8.57. The number of alkyl halides is 4. The molecule has 3 nitrogen and oxygen atoms in total. The molecule has 3 rings (SSSR count). The van der Waals surface area contributed by atoms with E-state index in [1.54, 1.807) is 0 Å². The Hall–Kier alpha value is -2.44. The highest BCUT2D eigenvalue weighted by molar-refractivity contribution is 9.10. The van der Waals surface area contributed by atoms with Gasteiger partial charge in [-0.3, -0.25) is 0 Å². The molecule has 0 radical (unpaired) electrons. The molecule has 2 aromatic rings. The second-order valence-electron chi connectivity index (χ2n) is 6.16. The molecule has 1 atom stereocenters. The van der Waals surface area contributed by atoms with Crippen LogP contribution < -0.4 is 4.74 Å². The average Bonchev–Trinajstić information content (AvgIpc) is 2.73. The molecule has 28 heavy (non-hydrogen) atoms. The molecular weight excluding hydrogens is 449 g/mol. The minimum absolute atomic E-state index is 0.0755. The summed E-state index contributed by atoms with van der Waals surface area (Å²) < 4.78 is 76.2. The highest BCUT2D eigenvalue weighted by Crippen LogP contribution is 2.64. The van der Waals surface area contributed by atoms with Gasteiger partial charge in [0.1, 0.15) is 17.3 Å². The number of halogens is 6. The van der Waals surface area contributed by atoms with Crippen molar-refractivity contribution < 1.29 is 31.8 Å². The van der Waals surface area contributed by atoms with Gasteiger partial charge in [0.05, 0.1) is 11.0 Å². The number of rotatable bonds is 4. The first-order chi connectivity index (χ1) is 13.0. The minimum atomic E-state index is -4.80. The monoisotopic (exact) mass is 459 g/mol. The second-order valence-corrected chi connectivity index (χ2v) is 6.95. The molecule has 0 amide bonds. The molecule has 2 aromatic carbocycles. The maximum Gasteiger partial charge on any atom is 0.346 e. The van der Waals surface area contributed by atoms with Gasteiger partial charge in [-0.1, -0.05) is 6.08 Å². The summed E-state index contributed by atoms with van der Waals surface area (Å²) in [5.41, 5.74) is -5.09. The number of fused-ring (bicyclic) bond motifs is 1. The van der Waals surface area contributed by atoms with Crippen molar-refractivity contribution in [1.29, 1.82) is 0 Å². The van der Waals surface area contributed by atoms with Crippen molar-refractivity contribution in [3.05, 3.63) is 75.8 Å². The van der Waals surface area contributed by atoms with Crippen LogP contribution >= 0.6 is 15.9 Å². The molecule has 0 bridgehead atoms. The third kappa shape index (κ3) is 2.71. The number of benzene rings is 2. The molecule has 0 saturated carbocycles. The Bertz CT molecular complexity index is 1020. The van der Waals surface area contributed by atoms with Crippen LogP contribution in [0.5, 0.6) is 11.5 Å². The third-order valence-corrected chi connectivity index (χ3v) is 5.21. The summed E-state index contributed by atoms with van der Waals surface area (Å²) in [5, 5.41) is 10.5. The number of hydrogen-bond donors (Lipinski definition) is 1. The predicted octanol–water partition coefficient (Wildman–Crippen LogP) is 6.44.